The van der Waals surface area contributed by atoms with Crippen LogP contribution < -0.4 is 0 Å². The summed E-state index contributed by atoms with van der Waals surface area (Å²) < 4.78 is 2.06. The van der Waals surface area contributed by atoms with Crippen LogP contribution in [0.5, 0.6) is 0 Å². The third-order valence-electron chi connectivity index (χ3n) is 3.74. The van der Waals surface area contributed by atoms with Crippen molar-refractivity contribution in [1.82, 2.24) is 14.5 Å². The molecule has 0 aliphatic heterocycles. The van der Waals surface area contributed by atoms with Gasteiger partial charge in [-0.25, -0.2) is 4.98 Å². The fourth-order valence-corrected chi connectivity index (χ4v) is 3.99. The van der Waals surface area contributed by atoms with Crippen LogP contribution >= 0.6 is 22.7 Å². The molecule has 0 bridgehead atoms. The standard InChI is InChI=1S/C18H21N3OS2/c1-18(2,3)21-8-7-13(10-21)17(22)20(4)11-14-12-24-16(19-14)15-6-5-9-23-15/h5-10,12H,11H2,1-4H3. The van der Waals surface area contributed by atoms with Gasteiger partial charge in [0.25, 0.3) is 5.91 Å². The maximum Gasteiger partial charge on any atom is 0.255 e. The summed E-state index contributed by atoms with van der Waals surface area (Å²) in [5.74, 6) is 0.0173. The Morgan fingerprint density at radius 1 is 1.29 bits per heavy atom. The molecule has 0 unspecified atom stereocenters. The van der Waals surface area contributed by atoms with Gasteiger partial charge >= 0.3 is 0 Å². The lowest BCUT2D eigenvalue weighted by Crippen LogP contribution is -2.26. The predicted molar refractivity (Wildman–Crippen MR) is 101 cm³/mol. The van der Waals surface area contributed by atoms with E-state index in [9.17, 15) is 4.79 Å². The Balaban J connectivity index is 1.69. The van der Waals surface area contributed by atoms with Crippen LogP contribution in [0.4, 0.5) is 0 Å². The first-order chi connectivity index (χ1) is 11.3. The van der Waals surface area contributed by atoms with Gasteiger partial charge in [-0.3, -0.25) is 4.79 Å². The number of carbonyl (C=O) groups is 1. The van der Waals surface area contributed by atoms with Gasteiger partial charge in [-0.2, -0.15) is 0 Å². The van der Waals surface area contributed by atoms with E-state index in [0.717, 1.165) is 10.7 Å². The number of nitrogens with zero attached hydrogens (tertiary/aromatic N) is 3. The fraction of sp³-hybridized carbons (Fsp3) is 0.333. The van der Waals surface area contributed by atoms with Crippen LogP contribution in [0, 0.1) is 0 Å². The Labute approximate surface area is 150 Å². The van der Waals surface area contributed by atoms with Crippen molar-refractivity contribution >= 4 is 28.6 Å². The highest BCUT2D eigenvalue weighted by atomic mass is 32.1. The summed E-state index contributed by atoms with van der Waals surface area (Å²) in [7, 11) is 1.82. The van der Waals surface area contributed by atoms with Crippen LogP contribution in [0.3, 0.4) is 0 Å². The van der Waals surface area contributed by atoms with E-state index in [1.54, 1.807) is 27.6 Å². The molecule has 1 amide bonds. The average Bonchev–Trinajstić information content (AvgIpc) is 3.25. The maximum atomic E-state index is 12.6. The summed E-state index contributed by atoms with van der Waals surface area (Å²) >= 11 is 3.30. The van der Waals surface area contributed by atoms with Crippen LogP contribution in [0.25, 0.3) is 9.88 Å². The van der Waals surface area contributed by atoms with E-state index in [2.05, 4.69) is 36.4 Å². The van der Waals surface area contributed by atoms with Gasteiger partial charge in [-0.15, -0.1) is 22.7 Å². The second-order valence-corrected chi connectivity index (χ2v) is 8.57. The van der Waals surface area contributed by atoms with Crippen LogP contribution in [0.15, 0.2) is 41.4 Å². The van der Waals surface area contributed by atoms with Crippen LogP contribution in [-0.2, 0) is 12.1 Å². The van der Waals surface area contributed by atoms with E-state index < -0.39 is 0 Å². The summed E-state index contributed by atoms with van der Waals surface area (Å²) in [6.45, 7) is 6.87. The SMILES string of the molecule is CN(Cc1csc(-c2cccs2)n1)C(=O)c1ccn(C(C)(C)C)c1. The van der Waals surface area contributed by atoms with Crippen LogP contribution in [-0.4, -0.2) is 27.4 Å². The summed E-state index contributed by atoms with van der Waals surface area (Å²) in [5.41, 5.74) is 1.61. The molecular weight excluding hydrogens is 338 g/mol. The Kier molecular flexibility index (Phi) is 4.60. The molecule has 0 aliphatic carbocycles. The molecule has 0 radical (unpaired) electrons. The quantitative estimate of drug-likeness (QED) is 0.677. The van der Waals surface area contributed by atoms with E-state index in [-0.39, 0.29) is 11.4 Å². The Hall–Kier alpha value is -1.92. The molecule has 0 aliphatic rings. The zero-order valence-corrected chi connectivity index (χ0v) is 15.9. The van der Waals surface area contributed by atoms with Gasteiger partial charge in [0.05, 0.1) is 22.7 Å². The summed E-state index contributed by atoms with van der Waals surface area (Å²) in [6.07, 6.45) is 3.87. The van der Waals surface area contributed by atoms with E-state index in [1.165, 1.54) is 4.88 Å². The molecule has 126 valence electrons. The van der Waals surface area contributed by atoms with E-state index in [0.29, 0.717) is 12.1 Å². The number of aromatic nitrogens is 2. The molecule has 6 heteroatoms. The summed E-state index contributed by atoms with van der Waals surface area (Å²) in [4.78, 5) is 20.1. The summed E-state index contributed by atoms with van der Waals surface area (Å²) in [6, 6.07) is 5.97. The third kappa shape index (κ3) is 3.60. The monoisotopic (exact) mass is 359 g/mol. The number of thiazole rings is 1. The van der Waals surface area contributed by atoms with Crippen molar-refractivity contribution < 1.29 is 4.79 Å². The Morgan fingerprint density at radius 2 is 2.08 bits per heavy atom. The van der Waals surface area contributed by atoms with Crippen molar-refractivity contribution in [3.05, 3.63) is 52.6 Å². The lowest BCUT2D eigenvalue weighted by Gasteiger charge is -2.21. The smallest absolute Gasteiger partial charge is 0.255 e. The lowest BCUT2D eigenvalue weighted by atomic mass is 10.1. The van der Waals surface area contributed by atoms with Crippen LogP contribution in [0.1, 0.15) is 36.8 Å². The van der Waals surface area contributed by atoms with Crippen molar-refractivity contribution in [2.24, 2.45) is 0 Å². The Bertz CT molecular complexity index is 825. The average molecular weight is 360 g/mol. The fourth-order valence-electron chi connectivity index (χ4n) is 2.37. The first kappa shape index (κ1) is 16.9. The van der Waals surface area contributed by atoms with Gasteiger partial charge in [0.2, 0.25) is 0 Å². The number of rotatable bonds is 4. The lowest BCUT2D eigenvalue weighted by molar-refractivity contribution is 0.0783. The molecule has 0 fully saturated rings. The predicted octanol–water partition coefficient (Wildman–Crippen LogP) is 4.70. The van der Waals surface area contributed by atoms with Gasteiger partial charge in [0.15, 0.2) is 0 Å². The molecule has 3 aromatic heterocycles. The van der Waals surface area contributed by atoms with E-state index in [4.69, 9.17) is 0 Å². The second-order valence-electron chi connectivity index (χ2n) is 6.76. The number of hydrogen-bond donors (Lipinski definition) is 0. The van der Waals surface area contributed by atoms with Gasteiger partial charge < -0.3 is 9.47 Å². The molecule has 3 heterocycles. The Morgan fingerprint density at radius 3 is 2.71 bits per heavy atom. The maximum absolute atomic E-state index is 12.6. The molecule has 0 aromatic carbocycles. The van der Waals surface area contributed by atoms with Crippen molar-refractivity contribution in [2.45, 2.75) is 32.9 Å². The molecule has 4 nitrogen and oxygen atoms in total. The zero-order valence-electron chi connectivity index (χ0n) is 14.3. The van der Waals surface area contributed by atoms with Crippen molar-refractivity contribution in [1.29, 1.82) is 0 Å². The first-order valence-electron chi connectivity index (χ1n) is 7.77. The molecule has 3 rings (SSSR count). The highest BCUT2D eigenvalue weighted by molar-refractivity contribution is 7.20. The number of carbonyl (C=O) groups excluding carboxylic acids is 1. The highest BCUT2D eigenvalue weighted by Crippen LogP contribution is 2.28. The third-order valence-corrected chi connectivity index (χ3v) is 5.67. The van der Waals surface area contributed by atoms with E-state index in [1.807, 2.05) is 42.3 Å². The summed E-state index contributed by atoms with van der Waals surface area (Å²) in [5, 5.41) is 5.09. The molecule has 0 N–H and O–H groups in total. The molecule has 24 heavy (non-hydrogen) atoms. The van der Waals surface area contributed by atoms with Gasteiger partial charge in [0, 0.05) is 30.4 Å². The molecule has 3 aromatic rings. The minimum Gasteiger partial charge on any atom is -0.348 e. The topological polar surface area (TPSA) is 38.1 Å². The molecule has 0 atom stereocenters. The van der Waals surface area contributed by atoms with Crippen LogP contribution in [0.2, 0.25) is 0 Å². The van der Waals surface area contributed by atoms with Crippen molar-refractivity contribution in [3.8, 4) is 9.88 Å². The normalized spacial score (nSPS) is 11.7. The minimum absolute atomic E-state index is 0.0173. The van der Waals surface area contributed by atoms with Gasteiger partial charge in [0.1, 0.15) is 5.01 Å². The minimum atomic E-state index is -0.0262. The number of thiophene rings is 1. The van der Waals surface area contributed by atoms with Crippen molar-refractivity contribution in [2.75, 3.05) is 7.05 Å². The van der Waals surface area contributed by atoms with Crippen molar-refractivity contribution in [3.63, 3.8) is 0 Å². The first-order valence-corrected chi connectivity index (χ1v) is 9.53. The second kappa shape index (κ2) is 6.53. The highest BCUT2D eigenvalue weighted by Gasteiger charge is 2.18. The largest absolute Gasteiger partial charge is 0.348 e. The zero-order chi connectivity index (χ0) is 17.3. The van der Waals surface area contributed by atoms with Gasteiger partial charge in [-0.1, -0.05) is 6.07 Å². The van der Waals surface area contributed by atoms with Gasteiger partial charge in [-0.05, 0) is 38.3 Å². The molecule has 0 saturated heterocycles. The molecule has 0 spiro atoms. The van der Waals surface area contributed by atoms with E-state index >= 15 is 0 Å². The number of amides is 1. The molecular formula is C18H21N3OS2. The number of hydrogen-bond acceptors (Lipinski definition) is 4. The molecule has 0 saturated carbocycles.